The number of urea groups is 1. The number of ether oxygens (including phenoxy) is 1. The van der Waals surface area contributed by atoms with Gasteiger partial charge in [-0.3, -0.25) is 19.8 Å². The summed E-state index contributed by atoms with van der Waals surface area (Å²) in [4.78, 5) is 40.2. The molecule has 1 aromatic carbocycles. The Labute approximate surface area is 187 Å². The Morgan fingerprint density at radius 3 is 2.41 bits per heavy atom. The maximum atomic E-state index is 13.5. The molecule has 1 saturated heterocycles. The van der Waals surface area contributed by atoms with Gasteiger partial charge in [0.05, 0.1) is 0 Å². The van der Waals surface area contributed by atoms with Crippen molar-refractivity contribution >= 4 is 23.9 Å². The highest BCUT2D eigenvalue weighted by Crippen LogP contribution is 2.62. The van der Waals surface area contributed by atoms with E-state index in [1.807, 2.05) is 13.0 Å². The molecule has 5 fully saturated rings. The summed E-state index contributed by atoms with van der Waals surface area (Å²) in [5.74, 6) is 1.20. The van der Waals surface area contributed by atoms with E-state index in [1.54, 1.807) is 24.3 Å². The van der Waals surface area contributed by atoms with Crippen LogP contribution in [0.3, 0.4) is 0 Å². The van der Waals surface area contributed by atoms with Crippen molar-refractivity contribution in [3.05, 3.63) is 35.4 Å². The SMILES string of the molecule is CC(N1C(=O)NC(=O)/C(=C\c2ccccc2OCC#N)C1=O)C12CC3CC(CC(C3)C1)C2. The van der Waals surface area contributed by atoms with E-state index in [0.717, 1.165) is 19.3 Å². The summed E-state index contributed by atoms with van der Waals surface area (Å²) in [5.41, 5.74) is 0.369. The van der Waals surface area contributed by atoms with Crippen molar-refractivity contribution in [1.29, 1.82) is 5.26 Å². The number of rotatable bonds is 5. The molecule has 7 nitrogen and oxygen atoms in total. The van der Waals surface area contributed by atoms with Crippen LogP contribution in [-0.4, -0.2) is 35.4 Å². The fraction of sp³-hybridized carbons (Fsp3) is 0.520. The van der Waals surface area contributed by atoms with Gasteiger partial charge in [0.15, 0.2) is 6.61 Å². The van der Waals surface area contributed by atoms with E-state index in [-0.39, 0.29) is 23.6 Å². The molecule has 1 atom stereocenters. The Morgan fingerprint density at radius 1 is 1.16 bits per heavy atom. The molecule has 4 bridgehead atoms. The lowest BCUT2D eigenvalue weighted by Crippen LogP contribution is -2.63. The van der Waals surface area contributed by atoms with Gasteiger partial charge >= 0.3 is 6.03 Å². The van der Waals surface area contributed by atoms with Crippen LogP contribution in [-0.2, 0) is 9.59 Å². The average molecular weight is 434 g/mol. The molecule has 4 saturated carbocycles. The Hall–Kier alpha value is -3.14. The van der Waals surface area contributed by atoms with E-state index < -0.39 is 17.8 Å². The minimum Gasteiger partial charge on any atom is -0.478 e. The number of amides is 4. The second kappa shape index (κ2) is 7.77. The number of carbonyl (C=O) groups is 3. The number of nitrogens with one attached hydrogen (secondary N) is 1. The first kappa shape index (κ1) is 20.7. The fourth-order valence-corrected chi connectivity index (χ4v) is 6.98. The van der Waals surface area contributed by atoms with Gasteiger partial charge in [0.25, 0.3) is 11.8 Å². The van der Waals surface area contributed by atoms with E-state index in [1.165, 1.54) is 30.2 Å². The molecule has 0 aromatic heterocycles. The van der Waals surface area contributed by atoms with E-state index in [4.69, 9.17) is 10.00 Å². The minimum absolute atomic E-state index is 0.0545. The Kier molecular flexibility index (Phi) is 5.04. The molecular formula is C25H27N3O4. The van der Waals surface area contributed by atoms with Crippen LogP contribution in [0.1, 0.15) is 51.0 Å². The molecule has 6 rings (SSSR count). The van der Waals surface area contributed by atoms with Crippen molar-refractivity contribution in [1.82, 2.24) is 10.2 Å². The molecular weight excluding hydrogens is 406 g/mol. The third kappa shape index (κ3) is 3.38. The number of hydrogen-bond acceptors (Lipinski definition) is 5. The monoisotopic (exact) mass is 433 g/mol. The molecule has 1 heterocycles. The molecule has 1 N–H and O–H groups in total. The maximum absolute atomic E-state index is 13.5. The number of barbiturate groups is 1. The molecule has 32 heavy (non-hydrogen) atoms. The number of hydrogen-bond donors (Lipinski definition) is 1. The van der Waals surface area contributed by atoms with E-state index >= 15 is 0 Å². The second-order valence-corrected chi connectivity index (χ2v) is 9.93. The lowest BCUT2D eigenvalue weighted by atomic mass is 9.47. The third-order valence-electron chi connectivity index (χ3n) is 8.00. The van der Waals surface area contributed by atoms with Crippen LogP contribution in [0.15, 0.2) is 29.8 Å². The second-order valence-electron chi connectivity index (χ2n) is 9.93. The Bertz CT molecular complexity index is 1020. The molecule has 1 unspecified atom stereocenters. The number of para-hydroxylation sites is 1. The molecule has 1 aromatic rings. The number of benzene rings is 1. The van der Waals surface area contributed by atoms with Crippen LogP contribution in [0.25, 0.3) is 6.08 Å². The van der Waals surface area contributed by atoms with Gasteiger partial charge in [0, 0.05) is 11.6 Å². The number of carbonyl (C=O) groups excluding carboxylic acids is 3. The summed E-state index contributed by atoms with van der Waals surface area (Å²) in [6.07, 6.45) is 8.43. The standard InChI is InChI=1S/C25H27N3O4/c1-15(25-12-16-8-17(13-25)10-18(9-16)14-25)28-23(30)20(22(29)27-24(28)31)11-19-4-2-3-5-21(19)32-7-6-26/h2-5,11,15-18H,7-10,12-14H2,1H3,(H,27,29,31)/b20-11+. The maximum Gasteiger partial charge on any atom is 0.331 e. The fourth-order valence-electron chi connectivity index (χ4n) is 6.98. The average Bonchev–Trinajstić information content (AvgIpc) is 2.74. The van der Waals surface area contributed by atoms with Crippen molar-refractivity contribution < 1.29 is 19.1 Å². The Balaban J connectivity index is 1.46. The van der Waals surface area contributed by atoms with Crippen molar-refractivity contribution in [2.75, 3.05) is 6.61 Å². The molecule has 4 amide bonds. The van der Waals surface area contributed by atoms with Gasteiger partial charge in [-0.15, -0.1) is 0 Å². The highest BCUT2D eigenvalue weighted by atomic mass is 16.5. The molecule has 7 heteroatoms. The summed E-state index contributed by atoms with van der Waals surface area (Å²) >= 11 is 0. The van der Waals surface area contributed by atoms with Crippen LogP contribution in [0.5, 0.6) is 5.75 Å². The first-order valence-electron chi connectivity index (χ1n) is 11.4. The molecule has 166 valence electrons. The van der Waals surface area contributed by atoms with Gasteiger partial charge in [-0.1, -0.05) is 18.2 Å². The van der Waals surface area contributed by atoms with E-state index in [2.05, 4.69) is 5.32 Å². The number of nitrogens with zero attached hydrogens (tertiary/aromatic N) is 2. The van der Waals surface area contributed by atoms with Crippen LogP contribution in [0.4, 0.5) is 4.79 Å². The number of imide groups is 2. The predicted octanol–water partition coefficient (Wildman–Crippen LogP) is 3.66. The van der Waals surface area contributed by atoms with Crippen molar-refractivity contribution in [2.24, 2.45) is 23.2 Å². The zero-order valence-corrected chi connectivity index (χ0v) is 18.2. The smallest absolute Gasteiger partial charge is 0.331 e. The van der Waals surface area contributed by atoms with Gasteiger partial charge in [-0.05, 0) is 80.8 Å². The lowest BCUT2D eigenvalue weighted by Gasteiger charge is -2.60. The summed E-state index contributed by atoms with van der Waals surface area (Å²) in [5, 5.41) is 11.2. The van der Waals surface area contributed by atoms with Crippen LogP contribution < -0.4 is 10.1 Å². The molecule has 1 aliphatic heterocycles. The van der Waals surface area contributed by atoms with Crippen LogP contribution >= 0.6 is 0 Å². The summed E-state index contributed by atoms with van der Waals surface area (Å²) in [6.45, 7) is 1.83. The highest BCUT2D eigenvalue weighted by molar-refractivity contribution is 6.31. The topological polar surface area (TPSA) is 99.5 Å². The predicted molar refractivity (Wildman–Crippen MR) is 116 cm³/mol. The van der Waals surface area contributed by atoms with Crippen LogP contribution in [0, 0.1) is 34.5 Å². The van der Waals surface area contributed by atoms with E-state index in [0.29, 0.717) is 29.1 Å². The molecule has 0 spiro atoms. The summed E-state index contributed by atoms with van der Waals surface area (Å²) in [6, 6.07) is 7.91. The van der Waals surface area contributed by atoms with Gasteiger partial charge in [-0.2, -0.15) is 5.26 Å². The van der Waals surface area contributed by atoms with Gasteiger partial charge in [-0.25, -0.2) is 4.79 Å². The summed E-state index contributed by atoms with van der Waals surface area (Å²) in [7, 11) is 0. The number of nitriles is 1. The molecule has 0 radical (unpaired) electrons. The summed E-state index contributed by atoms with van der Waals surface area (Å²) < 4.78 is 5.43. The normalized spacial score (nSPS) is 33.2. The highest BCUT2D eigenvalue weighted by Gasteiger charge is 2.56. The third-order valence-corrected chi connectivity index (χ3v) is 8.00. The Morgan fingerprint density at radius 2 is 1.78 bits per heavy atom. The van der Waals surface area contributed by atoms with Crippen molar-refractivity contribution in [2.45, 2.75) is 51.5 Å². The largest absolute Gasteiger partial charge is 0.478 e. The van der Waals surface area contributed by atoms with Crippen LogP contribution in [0.2, 0.25) is 0 Å². The van der Waals surface area contributed by atoms with Gasteiger partial charge in [0.2, 0.25) is 0 Å². The van der Waals surface area contributed by atoms with Gasteiger partial charge < -0.3 is 4.74 Å². The molecule has 5 aliphatic rings. The van der Waals surface area contributed by atoms with Crippen molar-refractivity contribution in [3.63, 3.8) is 0 Å². The zero-order chi connectivity index (χ0) is 22.5. The lowest BCUT2D eigenvalue weighted by molar-refractivity contribution is -0.139. The first-order chi connectivity index (χ1) is 15.4. The van der Waals surface area contributed by atoms with E-state index in [9.17, 15) is 14.4 Å². The molecule has 4 aliphatic carbocycles. The zero-order valence-electron chi connectivity index (χ0n) is 18.2. The minimum atomic E-state index is -0.705. The van der Waals surface area contributed by atoms with Gasteiger partial charge in [0.1, 0.15) is 17.4 Å². The first-order valence-corrected chi connectivity index (χ1v) is 11.4. The van der Waals surface area contributed by atoms with Crippen molar-refractivity contribution in [3.8, 4) is 11.8 Å². The quantitative estimate of drug-likeness (QED) is 0.564.